The maximum atomic E-state index is 8.67. The van der Waals surface area contributed by atoms with E-state index in [1.165, 1.54) is 0 Å². The first-order valence-electron chi connectivity index (χ1n) is 4.37. The molecule has 0 saturated carbocycles. The van der Waals surface area contributed by atoms with E-state index in [2.05, 4.69) is 11.1 Å². The third-order valence-corrected chi connectivity index (χ3v) is 2.00. The molecule has 0 aliphatic rings. The predicted octanol–water partition coefficient (Wildman–Crippen LogP) is 2.50. The lowest BCUT2D eigenvalue weighted by atomic mass is 10.3. The van der Waals surface area contributed by atoms with E-state index in [0.29, 0.717) is 18.1 Å². The fraction of sp³-hybridized carbons (Fsp3) is 0.400. The molecule has 14 heavy (non-hydrogen) atoms. The van der Waals surface area contributed by atoms with Gasteiger partial charge in [-0.2, -0.15) is 5.26 Å². The third kappa shape index (κ3) is 2.90. The normalized spacial score (nSPS) is 11.8. The molecule has 0 radical (unpaired) electrons. The van der Waals surface area contributed by atoms with Gasteiger partial charge in [0.05, 0.1) is 17.8 Å². The number of halogens is 1. The summed E-state index contributed by atoms with van der Waals surface area (Å²) in [5.74, 6) is 0.989. The van der Waals surface area contributed by atoms with Crippen LogP contribution in [0.4, 0.5) is 0 Å². The van der Waals surface area contributed by atoms with Crippen LogP contribution in [0.1, 0.15) is 19.0 Å². The highest BCUT2D eigenvalue weighted by atomic mass is 35.5. The zero-order valence-corrected chi connectivity index (χ0v) is 8.66. The minimum absolute atomic E-state index is 0.385. The quantitative estimate of drug-likeness (QED) is 0.718. The molecule has 0 aliphatic carbocycles. The van der Waals surface area contributed by atoms with Crippen molar-refractivity contribution in [2.75, 3.05) is 0 Å². The van der Waals surface area contributed by atoms with Gasteiger partial charge in [-0.1, -0.05) is 6.92 Å². The lowest BCUT2D eigenvalue weighted by Crippen LogP contribution is -2.12. The van der Waals surface area contributed by atoms with Crippen molar-refractivity contribution in [1.29, 1.82) is 5.26 Å². The molecular weight excluding hydrogens is 200 g/mol. The fourth-order valence-electron chi connectivity index (χ4n) is 0.925. The number of hydrogen-bond acceptors (Lipinski definition) is 3. The first-order valence-corrected chi connectivity index (χ1v) is 4.90. The average molecular weight is 211 g/mol. The Balaban J connectivity index is 2.64. The van der Waals surface area contributed by atoms with Gasteiger partial charge in [0.1, 0.15) is 11.8 Å². The molecule has 1 unspecified atom stereocenters. The first kappa shape index (κ1) is 10.8. The van der Waals surface area contributed by atoms with Gasteiger partial charge < -0.3 is 4.74 Å². The summed E-state index contributed by atoms with van der Waals surface area (Å²) in [6, 6.07) is 5.61. The lowest BCUT2D eigenvalue weighted by Gasteiger charge is -2.09. The topological polar surface area (TPSA) is 45.9 Å². The summed E-state index contributed by atoms with van der Waals surface area (Å²) in [6.45, 7) is 1.90. The van der Waals surface area contributed by atoms with Crippen molar-refractivity contribution in [2.45, 2.75) is 25.3 Å². The molecule has 0 bridgehead atoms. The van der Waals surface area contributed by atoms with Gasteiger partial charge in [0, 0.05) is 0 Å². The van der Waals surface area contributed by atoms with E-state index in [1.54, 1.807) is 18.3 Å². The minimum Gasteiger partial charge on any atom is -0.474 e. The fourth-order valence-corrected chi connectivity index (χ4v) is 1.08. The number of aromatic nitrogens is 1. The molecule has 1 aromatic heterocycles. The largest absolute Gasteiger partial charge is 0.474 e. The molecule has 1 heterocycles. The Labute approximate surface area is 88.3 Å². The molecule has 3 nitrogen and oxygen atoms in total. The molecule has 0 saturated heterocycles. The number of hydrogen-bond donors (Lipinski definition) is 0. The minimum atomic E-state index is -0.404. The standard InChI is InChI=1S/C10H11ClN2O/c1-2-9(6-12)14-10-4-3-8(5-11)13-7-10/h3-4,7,9H,2,5H2,1H3. The summed E-state index contributed by atoms with van der Waals surface area (Å²) in [6.07, 6.45) is 1.84. The zero-order chi connectivity index (χ0) is 10.4. The van der Waals surface area contributed by atoms with E-state index < -0.39 is 6.10 Å². The summed E-state index contributed by atoms with van der Waals surface area (Å²) in [7, 11) is 0. The molecule has 4 heteroatoms. The number of nitrogens with zero attached hydrogens (tertiary/aromatic N) is 2. The first-order chi connectivity index (χ1) is 6.80. The van der Waals surface area contributed by atoms with E-state index >= 15 is 0 Å². The highest BCUT2D eigenvalue weighted by Crippen LogP contribution is 2.13. The Morgan fingerprint density at radius 1 is 1.64 bits per heavy atom. The zero-order valence-electron chi connectivity index (χ0n) is 7.90. The maximum absolute atomic E-state index is 8.67. The van der Waals surface area contributed by atoms with Crippen LogP contribution in [0.2, 0.25) is 0 Å². The molecule has 0 amide bonds. The van der Waals surface area contributed by atoms with Crippen LogP contribution >= 0.6 is 11.6 Å². The van der Waals surface area contributed by atoms with Crippen molar-refractivity contribution >= 4 is 11.6 Å². The SMILES string of the molecule is CCC(C#N)Oc1ccc(CCl)nc1. The van der Waals surface area contributed by atoms with Crippen molar-refractivity contribution in [3.63, 3.8) is 0 Å². The Hall–Kier alpha value is -1.27. The molecule has 1 atom stereocenters. The monoisotopic (exact) mass is 210 g/mol. The molecule has 0 N–H and O–H groups in total. The van der Waals surface area contributed by atoms with Crippen molar-refractivity contribution in [1.82, 2.24) is 4.98 Å². The van der Waals surface area contributed by atoms with E-state index in [9.17, 15) is 0 Å². The Kier molecular flexibility index (Phi) is 4.21. The van der Waals surface area contributed by atoms with E-state index in [0.717, 1.165) is 5.69 Å². The summed E-state index contributed by atoms with van der Waals surface area (Å²) < 4.78 is 5.35. The van der Waals surface area contributed by atoms with E-state index in [4.69, 9.17) is 21.6 Å². The van der Waals surface area contributed by atoms with Gasteiger partial charge in [-0.25, -0.2) is 0 Å². The molecule has 0 spiro atoms. The van der Waals surface area contributed by atoms with Crippen molar-refractivity contribution in [2.24, 2.45) is 0 Å². The molecule has 1 rings (SSSR count). The number of alkyl halides is 1. The Morgan fingerprint density at radius 2 is 2.43 bits per heavy atom. The van der Waals surface area contributed by atoms with Crippen LogP contribution in [0.15, 0.2) is 18.3 Å². The van der Waals surface area contributed by atoms with Crippen LogP contribution in [0.5, 0.6) is 5.75 Å². The number of rotatable bonds is 4. The second-order valence-corrected chi connectivity index (χ2v) is 3.03. The van der Waals surface area contributed by atoms with Crippen molar-refractivity contribution in [3.05, 3.63) is 24.0 Å². The number of nitriles is 1. The molecule has 0 fully saturated rings. The highest BCUT2D eigenvalue weighted by Gasteiger charge is 2.05. The summed E-state index contributed by atoms with van der Waals surface area (Å²) in [5.41, 5.74) is 0.795. The van der Waals surface area contributed by atoms with Crippen LogP contribution in [-0.2, 0) is 5.88 Å². The van der Waals surface area contributed by atoms with E-state index in [-0.39, 0.29) is 0 Å². The van der Waals surface area contributed by atoms with Gasteiger partial charge in [-0.05, 0) is 18.6 Å². The summed E-state index contributed by atoms with van der Waals surface area (Å²) >= 11 is 5.58. The van der Waals surface area contributed by atoms with Crippen LogP contribution < -0.4 is 4.74 Å². The van der Waals surface area contributed by atoms with Crippen LogP contribution in [0.25, 0.3) is 0 Å². The van der Waals surface area contributed by atoms with Gasteiger partial charge >= 0.3 is 0 Å². The van der Waals surface area contributed by atoms with Crippen molar-refractivity contribution in [3.8, 4) is 11.8 Å². The van der Waals surface area contributed by atoms with Crippen LogP contribution in [0.3, 0.4) is 0 Å². The molecule has 0 aliphatic heterocycles. The predicted molar refractivity (Wildman–Crippen MR) is 54.1 cm³/mol. The van der Waals surface area contributed by atoms with Gasteiger partial charge in [-0.15, -0.1) is 11.6 Å². The lowest BCUT2D eigenvalue weighted by molar-refractivity contribution is 0.251. The highest BCUT2D eigenvalue weighted by molar-refractivity contribution is 6.16. The Morgan fingerprint density at radius 3 is 2.86 bits per heavy atom. The Bertz CT molecular complexity index is 318. The molecule has 0 aromatic carbocycles. The van der Waals surface area contributed by atoms with Gasteiger partial charge in [0.25, 0.3) is 0 Å². The smallest absolute Gasteiger partial charge is 0.184 e. The number of ether oxygens (including phenoxy) is 1. The maximum Gasteiger partial charge on any atom is 0.184 e. The summed E-state index contributed by atoms with van der Waals surface area (Å²) in [4.78, 5) is 4.05. The summed E-state index contributed by atoms with van der Waals surface area (Å²) in [5, 5.41) is 8.67. The molecule has 1 aromatic rings. The van der Waals surface area contributed by atoms with Gasteiger partial charge in [-0.3, -0.25) is 4.98 Å². The number of pyridine rings is 1. The second-order valence-electron chi connectivity index (χ2n) is 2.76. The average Bonchev–Trinajstić information content (AvgIpc) is 2.26. The second kappa shape index (κ2) is 5.46. The van der Waals surface area contributed by atoms with Gasteiger partial charge in [0.15, 0.2) is 6.10 Å². The van der Waals surface area contributed by atoms with Gasteiger partial charge in [0.2, 0.25) is 0 Å². The third-order valence-electron chi connectivity index (χ3n) is 1.73. The van der Waals surface area contributed by atoms with E-state index in [1.807, 2.05) is 6.92 Å². The van der Waals surface area contributed by atoms with Crippen LogP contribution in [-0.4, -0.2) is 11.1 Å². The molecular formula is C10H11ClN2O. The van der Waals surface area contributed by atoms with Crippen LogP contribution in [0, 0.1) is 11.3 Å². The molecule has 74 valence electrons. The van der Waals surface area contributed by atoms with Crippen molar-refractivity contribution < 1.29 is 4.74 Å².